The van der Waals surface area contributed by atoms with Crippen molar-refractivity contribution in [3.63, 3.8) is 0 Å². The molecule has 0 aromatic carbocycles. The molecule has 266 valence electrons. The molecule has 0 aromatic heterocycles. The monoisotopic (exact) mass is 678 g/mol. The minimum Gasteiger partial charge on any atom is -0.477 e. The Balaban J connectivity index is 1.78. The van der Waals surface area contributed by atoms with Crippen molar-refractivity contribution in [2.24, 2.45) is 0 Å². The van der Waals surface area contributed by atoms with Crippen molar-refractivity contribution in [2.75, 3.05) is 19.8 Å². The van der Waals surface area contributed by atoms with Crippen LogP contribution in [0.5, 0.6) is 0 Å². The van der Waals surface area contributed by atoms with Crippen LogP contribution in [0.25, 0.3) is 0 Å². The summed E-state index contributed by atoms with van der Waals surface area (Å²) in [4.78, 5) is 35.7. The molecule has 3 rings (SSSR count). The number of hydrogen-bond acceptors (Lipinski definition) is 19. The molecule has 0 saturated carbocycles. The molecule has 3 heterocycles. The first kappa shape index (κ1) is 38.2. The second-order valence-corrected chi connectivity index (χ2v) is 11.2. The summed E-state index contributed by atoms with van der Waals surface area (Å²) >= 11 is 0. The number of rotatable bonds is 13. The van der Waals surface area contributed by atoms with Gasteiger partial charge in [0.05, 0.1) is 38.1 Å². The zero-order valence-corrected chi connectivity index (χ0v) is 23.7. The molecule has 46 heavy (non-hydrogen) atoms. The highest BCUT2D eigenvalue weighted by molar-refractivity contribution is 5.76. The molecule has 3 aliphatic rings. The molecule has 3 fully saturated rings. The van der Waals surface area contributed by atoms with Crippen molar-refractivity contribution in [1.29, 1.82) is 0 Å². The van der Waals surface area contributed by atoms with Gasteiger partial charge >= 0.3 is 17.9 Å². The number of hydrogen-bond donors (Lipinski definition) is 14. The normalized spacial score (nSPS) is 43.8. The van der Waals surface area contributed by atoms with Crippen molar-refractivity contribution in [1.82, 2.24) is 0 Å². The minimum absolute atomic E-state index is 0.984. The van der Waals surface area contributed by atoms with Gasteiger partial charge in [0.2, 0.25) is 0 Å². The van der Waals surface area contributed by atoms with Gasteiger partial charge in [0.1, 0.15) is 54.9 Å². The number of aliphatic carboxylic acids is 3. The van der Waals surface area contributed by atoms with Crippen molar-refractivity contribution >= 4 is 17.9 Å². The number of aliphatic hydroxyl groups is 11. The van der Waals surface area contributed by atoms with E-state index in [1.54, 1.807) is 0 Å². The second kappa shape index (κ2) is 14.5. The topological polar surface area (TPSA) is 381 Å². The molecule has 15 atom stereocenters. The molecule has 0 unspecified atom stereocenters. The van der Waals surface area contributed by atoms with E-state index in [-0.39, 0.29) is 0 Å². The molecule has 22 nitrogen and oxygen atoms in total. The third kappa shape index (κ3) is 7.57. The number of carboxylic acids is 3. The summed E-state index contributed by atoms with van der Waals surface area (Å²) in [7, 11) is 0. The Morgan fingerprint density at radius 1 is 0.609 bits per heavy atom. The average Bonchev–Trinajstić information content (AvgIpc) is 2.98. The van der Waals surface area contributed by atoms with E-state index in [1.807, 2.05) is 0 Å². The van der Waals surface area contributed by atoms with Crippen LogP contribution in [0.15, 0.2) is 0 Å². The van der Waals surface area contributed by atoms with Crippen LogP contribution in [0, 0.1) is 0 Å². The highest BCUT2D eigenvalue weighted by Crippen LogP contribution is 2.37. The van der Waals surface area contributed by atoms with Gasteiger partial charge in [-0.1, -0.05) is 0 Å². The van der Waals surface area contributed by atoms with E-state index >= 15 is 0 Å². The van der Waals surface area contributed by atoms with Crippen LogP contribution in [-0.2, 0) is 38.1 Å². The molecule has 0 aromatic rings. The second-order valence-electron chi connectivity index (χ2n) is 11.2. The van der Waals surface area contributed by atoms with E-state index in [4.69, 9.17) is 23.7 Å². The number of aliphatic hydroxyl groups excluding tert-OH is 10. The maximum atomic E-state index is 12.3. The van der Waals surface area contributed by atoms with E-state index in [2.05, 4.69) is 0 Å². The van der Waals surface area contributed by atoms with Crippen molar-refractivity contribution < 1.29 is 110 Å². The lowest BCUT2D eigenvalue weighted by atomic mass is 9.91. The summed E-state index contributed by atoms with van der Waals surface area (Å²) in [5, 5.41) is 141. The molecule has 3 saturated heterocycles. The van der Waals surface area contributed by atoms with Gasteiger partial charge in [0.15, 0.2) is 0 Å². The first-order valence-electron chi connectivity index (χ1n) is 13.7. The Hall–Kier alpha value is -2.23. The third-order valence-electron chi connectivity index (χ3n) is 7.90. The predicted octanol–water partition coefficient (Wildman–Crippen LogP) is -8.04. The van der Waals surface area contributed by atoms with E-state index in [0.29, 0.717) is 0 Å². The standard InChI is InChI=1S/C24H38O22/c25-4-10(29)16-14(33)8(27)2-23(45-16,20(37)38)43-6-12(31)18-15(34)9(28)3-24(46-18,21(39)40)42-5-11(30)17-13(32)7(26)1-22(41,44-17)19(35)36/h7-18,25-34,41H,1-6H2,(H,35,36)(H,37,38)(H,39,40)/t7-,8-,9-,10-,11-,12-,13-,14-,15-,16-,17-,18-,22-,23-,24-/m1/s1. The Labute approximate surface area is 257 Å². The quantitative estimate of drug-likeness (QED) is 0.0859. The minimum atomic E-state index is -3.06. The molecule has 0 spiro atoms. The fourth-order valence-corrected chi connectivity index (χ4v) is 5.25. The van der Waals surface area contributed by atoms with Crippen LogP contribution in [0.2, 0.25) is 0 Å². The Morgan fingerprint density at radius 2 is 0.957 bits per heavy atom. The van der Waals surface area contributed by atoms with Crippen molar-refractivity contribution in [3.05, 3.63) is 0 Å². The van der Waals surface area contributed by atoms with Gasteiger partial charge in [-0.3, -0.25) is 0 Å². The Morgan fingerprint density at radius 3 is 1.30 bits per heavy atom. The van der Waals surface area contributed by atoms with Crippen LogP contribution in [0.4, 0.5) is 0 Å². The first-order chi connectivity index (χ1) is 21.2. The molecule has 0 aliphatic carbocycles. The van der Waals surface area contributed by atoms with Crippen LogP contribution in [-0.4, -0.2) is 200 Å². The molecule has 0 radical (unpaired) electrons. The van der Waals surface area contributed by atoms with Crippen LogP contribution >= 0.6 is 0 Å². The molecular formula is C24H38O22. The van der Waals surface area contributed by atoms with Gasteiger partial charge in [0.25, 0.3) is 17.4 Å². The molecule has 0 amide bonds. The predicted molar refractivity (Wildman–Crippen MR) is 135 cm³/mol. The summed E-state index contributed by atoms with van der Waals surface area (Å²) in [5.41, 5.74) is 0. The zero-order valence-electron chi connectivity index (χ0n) is 23.7. The third-order valence-corrected chi connectivity index (χ3v) is 7.90. The summed E-state index contributed by atoms with van der Waals surface area (Å²) in [5.74, 6) is -14.9. The Kier molecular flexibility index (Phi) is 12.0. The highest BCUT2D eigenvalue weighted by atomic mass is 16.7. The lowest BCUT2D eigenvalue weighted by Crippen LogP contribution is -2.65. The van der Waals surface area contributed by atoms with E-state index in [1.165, 1.54) is 0 Å². The molecule has 14 N–H and O–H groups in total. The number of carbonyl (C=O) groups is 3. The summed E-state index contributed by atoms with van der Waals surface area (Å²) in [6.45, 7) is -3.44. The summed E-state index contributed by atoms with van der Waals surface area (Å²) in [6, 6.07) is 0. The lowest BCUT2D eigenvalue weighted by molar-refractivity contribution is -0.348. The largest absolute Gasteiger partial charge is 0.477 e. The highest BCUT2D eigenvalue weighted by Gasteiger charge is 2.58. The van der Waals surface area contributed by atoms with Crippen LogP contribution in [0.3, 0.4) is 0 Å². The first-order valence-corrected chi connectivity index (χ1v) is 13.7. The van der Waals surface area contributed by atoms with Gasteiger partial charge in [-0.2, -0.15) is 0 Å². The van der Waals surface area contributed by atoms with Gasteiger partial charge in [-0.05, 0) is 0 Å². The summed E-state index contributed by atoms with van der Waals surface area (Å²) in [6.07, 6.45) is -27.3. The summed E-state index contributed by atoms with van der Waals surface area (Å²) < 4.78 is 25.6. The van der Waals surface area contributed by atoms with Gasteiger partial charge < -0.3 is 95.2 Å². The Bertz CT molecular complexity index is 1090. The number of carboxylic acid groups (broad SMARTS) is 3. The van der Waals surface area contributed by atoms with Gasteiger partial charge in [0, 0.05) is 19.3 Å². The van der Waals surface area contributed by atoms with Gasteiger partial charge in [-0.15, -0.1) is 0 Å². The van der Waals surface area contributed by atoms with Crippen molar-refractivity contribution in [3.8, 4) is 0 Å². The molecule has 3 aliphatic heterocycles. The molecule has 22 heteroatoms. The molecule has 0 bridgehead atoms. The van der Waals surface area contributed by atoms with Gasteiger partial charge in [-0.25, -0.2) is 14.4 Å². The van der Waals surface area contributed by atoms with E-state index in [0.717, 1.165) is 0 Å². The zero-order chi connectivity index (χ0) is 34.9. The average molecular weight is 679 g/mol. The maximum Gasteiger partial charge on any atom is 0.364 e. The molecular weight excluding hydrogens is 640 g/mol. The fourth-order valence-electron chi connectivity index (χ4n) is 5.25. The van der Waals surface area contributed by atoms with E-state index < -0.39 is 148 Å². The fraction of sp³-hybridized carbons (Fsp3) is 0.875. The van der Waals surface area contributed by atoms with E-state index in [9.17, 15) is 85.9 Å². The SMILES string of the molecule is O=C(O)[C@@]1(OC[C@@H](O)[C@H]2O[C@@](OC[C@@H](O)[C@H]3O[C@@](O)(C(=O)O)C[C@@H](O)[C@H]3O)(C(=O)O)C[C@@H](O)[C@H]2O)C[C@@H](O)[C@@H](O)[C@@H]([C@H](O)CO)O1. The van der Waals surface area contributed by atoms with Crippen LogP contribution < -0.4 is 0 Å². The smallest absolute Gasteiger partial charge is 0.364 e. The van der Waals surface area contributed by atoms with Crippen LogP contribution in [0.1, 0.15) is 19.3 Å². The van der Waals surface area contributed by atoms with Crippen molar-refractivity contribution in [2.45, 2.75) is 110 Å². The maximum absolute atomic E-state index is 12.3. The lowest BCUT2D eigenvalue weighted by Gasteiger charge is -2.46. The number of ether oxygens (including phenoxy) is 5.